The molecule has 0 radical (unpaired) electrons. The molecule has 0 fully saturated rings. The maximum absolute atomic E-state index is 4.01. The summed E-state index contributed by atoms with van der Waals surface area (Å²) < 4.78 is 0. The van der Waals surface area contributed by atoms with Crippen LogP contribution < -0.4 is 4.98 Å². The third-order valence-electron chi connectivity index (χ3n) is 3.69. The van der Waals surface area contributed by atoms with Gasteiger partial charge in [-0.15, -0.1) is 0 Å². The normalized spacial score (nSPS) is 17.3. The molecule has 1 unspecified atom stereocenters. The number of hydrogen-bond donors (Lipinski definition) is 1. The second-order valence-electron chi connectivity index (χ2n) is 5.80. The Kier molecular flexibility index (Phi) is 6.83. The predicted molar refractivity (Wildman–Crippen MR) is 81.9 cm³/mol. The monoisotopic (exact) mass is 257 g/mol. The first-order valence-corrected chi connectivity index (χ1v) is 13.4. The first-order chi connectivity index (χ1) is 7.35. The van der Waals surface area contributed by atoms with E-state index in [9.17, 15) is 0 Å². The Morgan fingerprint density at radius 1 is 1.12 bits per heavy atom. The third-order valence-corrected chi connectivity index (χ3v) is 20.1. The van der Waals surface area contributed by atoms with Gasteiger partial charge in [-0.2, -0.15) is 0 Å². The topological polar surface area (TPSA) is 12.0 Å². The minimum absolute atomic E-state index is 1.12. The lowest BCUT2D eigenvalue weighted by atomic mass is 10.5. The first kappa shape index (κ1) is 16.1. The summed E-state index contributed by atoms with van der Waals surface area (Å²) in [5.41, 5.74) is 0. The molecule has 0 saturated heterocycles. The van der Waals surface area contributed by atoms with Crippen molar-refractivity contribution in [2.75, 3.05) is 6.54 Å². The fraction of sp³-hybridized carbons (Fsp3) is 0.846. The maximum Gasteiger partial charge on any atom is 0.141 e. The molecule has 0 bridgehead atoms. The van der Waals surface area contributed by atoms with E-state index < -0.39 is 15.3 Å². The lowest BCUT2D eigenvalue weighted by Crippen LogP contribution is -2.68. The summed E-state index contributed by atoms with van der Waals surface area (Å²) in [6, 6.07) is 1.42. The Hall–Kier alpha value is 0.134. The molecule has 0 aromatic rings. The van der Waals surface area contributed by atoms with Crippen LogP contribution in [0, 0.1) is 0 Å². The van der Waals surface area contributed by atoms with Gasteiger partial charge in [0.25, 0.3) is 0 Å². The van der Waals surface area contributed by atoms with E-state index in [-0.39, 0.29) is 0 Å². The Labute approximate surface area is 105 Å². The molecule has 0 aliphatic carbocycles. The molecular weight excluding hydrogens is 226 g/mol. The van der Waals surface area contributed by atoms with E-state index in [0.717, 1.165) is 0 Å². The highest BCUT2D eigenvalue weighted by Crippen LogP contribution is 2.29. The summed E-state index contributed by atoms with van der Waals surface area (Å²) in [6.45, 7) is 18.0. The zero-order valence-corrected chi connectivity index (χ0v) is 14.4. The van der Waals surface area contributed by atoms with Crippen molar-refractivity contribution in [3.05, 3.63) is 11.3 Å². The summed E-state index contributed by atoms with van der Waals surface area (Å²) in [7, 11) is -2.49. The van der Waals surface area contributed by atoms with Crippen molar-refractivity contribution in [2.45, 2.75) is 66.2 Å². The Bertz CT molecular complexity index is 231. The molecule has 0 aliphatic heterocycles. The molecule has 0 aromatic heterocycles. The minimum Gasteiger partial charge on any atom is -0.336 e. The lowest BCUT2D eigenvalue weighted by molar-refractivity contribution is 0.832. The van der Waals surface area contributed by atoms with E-state index in [4.69, 9.17) is 0 Å². The molecule has 0 heterocycles. The lowest BCUT2D eigenvalue weighted by Gasteiger charge is -2.43. The molecule has 1 N–H and O–H groups in total. The molecule has 16 heavy (non-hydrogen) atoms. The van der Waals surface area contributed by atoms with Crippen molar-refractivity contribution in [3.8, 4) is 0 Å². The van der Waals surface area contributed by atoms with E-state index in [1.807, 2.05) is 0 Å². The van der Waals surface area contributed by atoms with E-state index in [0.29, 0.717) is 0 Å². The van der Waals surface area contributed by atoms with Gasteiger partial charge in [0, 0.05) is 0 Å². The zero-order chi connectivity index (χ0) is 12.8. The number of allylic oxidation sites excluding steroid dienone is 2. The van der Waals surface area contributed by atoms with Crippen LogP contribution >= 0.6 is 0 Å². The Morgan fingerprint density at radius 3 is 2.00 bits per heavy atom. The average molecular weight is 258 g/mol. The van der Waals surface area contributed by atoms with Gasteiger partial charge in [0.2, 0.25) is 0 Å². The second-order valence-corrected chi connectivity index (χ2v) is 20.8. The van der Waals surface area contributed by atoms with E-state index >= 15 is 0 Å². The average Bonchev–Trinajstić information content (AvgIpc) is 2.21. The van der Waals surface area contributed by atoms with Crippen LogP contribution in [0.1, 0.15) is 40.5 Å². The van der Waals surface area contributed by atoms with Crippen LogP contribution in [0.5, 0.6) is 0 Å². The van der Waals surface area contributed by atoms with Crippen LogP contribution in [0.2, 0.25) is 25.7 Å². The van der Waals surface area contributed by atoms with E-state index in [1.165, 1.54) is 25.4 Å². The molecule has 3 heteroatoms. The molecule has 0 rings (SSSR count). The van der Waals surface area contributed by atoms with Gasteiger partial charge >= 0.3 is 0 Å². The third kappa shape index (κ3) is 3.57. The number of hydrogen-bond acceptors (Lipinski definition) is 1. The van der Waals surface area contributed by atoms with Crippen LogP contribution in [-0.2, 0) is 0 Å². The number of nitrogens with one attached hydrogen (secondary N) is 1. The van der Waals surface area contributed by atoms with Crippen LogP contribution in [0.4, 0.5) is 0 Å². The molecule has 0 saturated carbocycles. The van der Waals surface area contributed by atoms with Gasteiger partial charge in [-0.3, -0.25) is 0 Å². The summed E-state index contributed by atoms with van der Waals surface area (Å²) in [5, 5.41) is 1.68. The smallest absolute Gasteiger partial charge is 0.141 e. The molecule has 0 spiro atoms. The summed E-state index contributed by atoms with van der Waals surface area (Å²) in [5.74, 6) is 0. The van der Waals surface area contributed by atoms with Gasteiger partial charge in [-0.25, -0.2) is 0 Å². The van der Waals surface area contributed by atoms with Gasteiger partial charge in [0.15, 0.2) is 0 Å². The van der Waals surface area contributed by atoms with Gasteiger partial charge in [-0.05, 0) is 32.9 Å². The second kappa shape index (κ2) is 6.77. The van der Waals surface area contributed by atoms with Crippen molar-refractivity contribution in [3.63, 3.8) is 0 Å². The van der Waals surface area contributed by atoms with Crippen LogP contribution in [-0.4, -0.2) is 21.9 Å². The summed E-state index contributed by atoms with van der Waals surface area (Å²) in [6.07, 6.45) is 4.93. The molecule has 0 amide bonds. The standard InChI is InChI=1S/C13H31NSi2/c1-8-11-14-16(12-9-2,13(4)10-3)15(5,6)7/h10,14H,8-9,11-12H2,1-7H3/b13-10+. The van der Waals surface area contributed by atoms with Crippen molar-refractivity contribution < 1.29 is 0 Å². The Morgan fingerprint density at radius 2 is 1.69 bits per heavy atom. The largest absolute Gasteiger partial charge is 0.336 e. The predicted octanol–water partition coefficient (Wildman–Crippen LogP) is 4.26. The minimum atomic E-state index is -1.37. The quantitative estimate of drug-likeness (QED) is 0.672. The zero-order valence-electron chi connectivity index (χ0n) is 12.4. The summed E-state index contributed by atoms with van der Waals surface area (Å²) >= 11 is 0. The van der Waals surface area contributed by atoms with Gasteiger partial charge in [-0.1, -0.05) is 51.2 Å². The van der Waals surface area contributed by atoms with Gasteiger partial charge < -0.3 is 4.98 Å². The van der Waals surface area contributed by atoms with Gasteiger partial charge in [0.05, 0.1) is 7.59 Å². The van der Waals surface area contributed by atoms with E-state index in [1.54, 1.807) is 5.20 Å². The van der Waals surface area contributed by atoms with Gasteiger partial charge in [0.1, 0.15) is 7.75 Å². The van der Waals surface area contributed by atoms with E-state index in [2.05, 4.69) is 58.4 Å². The number of rotatable bonds is 7. The summed E-state index contributed by atoms with van der Waals surface area (Å²) in [4.78, 5) is 4.01. The van der Waals surface area contributed by atoms with Crippen molar-refractivity contribution in [1.82, 2.24) is 4.98 Å². The SMILES string of the molecule is C/C=C(\C)[Si](CCC)(NCCC)[Si](C)(C)C. The first-order valence-electron chi connectivity index (χ1n) is 6.74. The van der Waals surface area contributed by atoms with Crippen LogP contribution in [0.15, 0.2) is 11.3 Å². The highest BCUT2D eigenvalue weighted by atomic mass is 29.3. The molecule has 1 atom stereocenters. The fourth-order valence-corrected chi connectivity index (χ4v) is 16.8. The molecule has 0 aliphatic rings. The Balaban J connectivity index is 5.22. The van der Waals surface area contributed by atoms with Crippen LogP contribution in [0.3, 0.4) is 0 Å². The van der Waals surface area contributed by atoms with Crippen LogP contribution in [0.25, 0.3) is 0 Å². The highest BCUT2D eigenvalue weighted by molar-refractivity contribution is 7.42. The fourth-order valence-electron chi connectivity index (χ4n) is 2.62. The molecular formula is C13H31NSi2. The van der Waals surface area contributed by atoms with Crippen molar-refractivity contribution in [1.29, 1.82) is 0 Å². The van der Waals surface area contributed by atoms with Crippen molar-refractivity contribution in [2.24, 2.45) is 0 Å². The highest BCUT2D eigenvalue weighted by Gasteiger charge is 2.45. The molecule has 0 aromatic carbocycles. The molecule has 96 valence electrons. The van der Waals surface area contributed by atoms with Crippen molar-refractivity contribution >= 4 is 15.3 Å². The molecule has 1 nitrogen and oxygen atoms in total. The maximum atomic E-state index is 4.01.